The molecule has 3 rings (SSSR count). The van der Waals surface area contributed by atoms with Gasteiger partial charge in [0.25, 0.3) is 0 Å². The summed E-state index contributed by atoms with van der Waals surface area (Å²) in [5.41, 5.74) is 17.3. The molecule has 1 amide bonds. The van der Waals surface area contributed by atoms with Crippen molar-refractivity contribution in [2.45, 2.75) is 26.4 Å². The molecule has 0 bridgehead atoms. The third kappa shape index (κ3) is 4.54. The van der Waals surface area contributed by atoms with Gasteiger partial charge in [0.15, 0.2) is 5.96 Å². The van der Waals surface area contributed by atoms with Crippen molar-refractivity contribution in [3.05, 3.63) is 76.4 Å². The van der Waals surface area contributed by atoms with Gasteiger partial charge < -0.3 is 16.8 Å². The van der Waals surface area contributed by atoms with Crippen molar-refractivity contribution in [2.24, 2.45) is 16.5 Å². The van der Waals surface area contributed by atoms with Crippen LogP contribution in [0.25, 0.3) is 5.70 Å². The second kappa shape index (κ2) is 8.05. The average Bonchev–Trinajstić information content (AvgIpc) is 2.64. The van der Waals surface area contributed by atoms with E-state index in [0.717, 1.165) is 29.8 Å². The molecule has 1 atom stereocenters. The number of benzene rings is 2. The lowest BCUT2D eigenvalue weighted by molar-refractivity contribution is 0.100. The molecule has 140 valence electrons. The van der Waals surface area contributed by atoms with E-state index in [2.05, 4.69) is 41.6 Å². The molecule has 6 heteroatoms. The topological polar surface area (TPSA) is 106 Å². The molecule has 0 fully saturated rings. The van der Waals surface area contributed by atoms with E-state index < -0.39 is 5.91 Å². The van der Waals surface area contributed by atoms with Crippen LogP contribution in [0.4, 0.5) is 0 Å². The highest BCUT2D eigenvalue weighted by Gasteiger charge is 2.16. The number of primary amides is 1. The Morgan fingerprint density at radius 1 is 1.19 bits per heavy atom. The van der Waals surface area contributed by atoms with E-state index in [9.17, 15) is 4.79 Å². The maximum atomic E-state index is 11.1. The maximum absolute atomic E-state index is 11.1. The number of guanidine groups is 1. The van der Waals surface area contributed by atoms with Gasteiger partial charge in [0, 0.05) is 17.7 Å². The Morgan fingerprint density at radius 3 is 2.63 bits per heavy atom. The summed E-state index contributed by atoms with van der Waals surface area (Å²) in [4.78, 5) is 15.6. The molecule has 0 saturated heterocycles. The van der Waals surface area contributed by atoms with E-state index in [1.54, 1.807) is 12.1 Å². The second-order valence-corrected chi connectivity index (χ2v) is 6.68. The van der Waals surface area contributed by atoms with E-state index in [1.165, 1.54) is 11.1 Å². The number of amides is 1. The van der Waals surface area contributed by atoms with Crippen molar-refractivity contribution >= 4 is 17.6 Å². The summed E-state index contributed by atoms with van der Waals surface area (Å²) in [5, 5.41) is 6.57. The number of aliphatic imine (C=N–C) groups is 1. The highest BCUT2D eigenvalue weighted by atomic mass is 16.1. The predicted octanol–water partition coefficient (Wildman–Crippen LogP) is 1.82. The normalized spacial score (nSPS) is 16.3. The third-order valence-corrected chi connectivity index (χ3v) is 4.77. The smallest absolute Gasteiger partial charge is 0.248 e. The molecule has 1 aliphatic rings. The van der Waals surface area contributed by atoms with Crippen LogP contribution in [0.5, 0.6) is 0 Å². The summed E-state index contributed by atoms with van der Waals surface area (Å²) in [6.45, 7) is 4.93. The number of hydrogen-bond donors (Lipinski definition) is 4. The predicted molar refractivity (Wildman–Crippen MR) is 109 cm³/mol. The van der Waals surface area contributed by atoms with Crippen molar-refractivity contribution in [2.75, 3.05) is 6.54 Å². The molecule has 0 aliphatic carbocycles. The van der Waals surface area contributed by atoms with E-state index in [4.69, 9.17) is 11.5 Å². The molecule has 0 spiro atoms. The lowest BCUT2D eigenvalue weighted by Crippen LogP contribution is -2.49. The summed E-state index contributed by atoms with van der Waals surface area (Å²) < 4.78 is 0. The number of nitrogens with zero attached hydrogens (tertiary/aromatic N) is 1. The minimum Gasteiger partial charge on any atom is -0.370 e. The van der Waals surface area contributed by atoms with Gasteiger partial charge in [0.05, 0.1) is 5.70 Å². The minimum absolute atomic E-state index is 0.0951. The van der Waals surface area contributed by atoms with Crippen LogP contribution < -0.4 is 22.1 Å². The van der Waals surface area contributed by atoms with Gasteiger partial charge in [-0.25, -0.2) is 4.99 Å². The molecule has 2 aromatic carbocycles. The molecule has 2 aromatic rings. The highest BCUT2D eigenvalue weighted by Crippen LogP contribution is 2.24. The Hall–Kier alpha value is -3.12. The summed E-state index contributed by atoms with van der Waals surface area (Å²) in [6.07, 6.45) is 2.78. The maximum Gasteiger partial charge on any atom is 0.248 e. The van der Waals surface area contributed by atoms with Gasteiger partial charge in [-0.05, 0) is 55.2 Å². The van der Waals surface area contributed by atoms with Crippen molar-refractivity contribution < 1.29 is 4.79 Å². The molecule has 0 saturated carbocycles. The monoisotopic (exact) mass is 363 g/mol. The minimum atomic E-state index is -0.412. The second-order valence-electron chi connectivity index (χ2n) is 6.68. The van der Waals surface area contributed by atoms with Crippen molar-refractivity contribution in [1.29, 1.82) is 0 Å². The van der Waals surface area contributed by atoms with Crippen LogP contribution >= 0.6 is 0 Å². The van der Waals surface area contributed by atoms with Gasteiger partial charge in [0.1, 0.15) is 6.17 Å². The summed E-state index contributed by atoms with van der Waals surface area (Å²) in [6, 6.07) is 13.5. The number of nitrogens with two attached hydrogens (primary N) is 2. The standard InChI is InChI=1S/C21H25N5O/c1-13-4-3-5-17(14(13)2)18-12-19(26-21(23)25-18)24-11-10-15-6-8-16(9-7-15)20(22)27/h3-9,12,19,24H,10-11H2,1-2H3,(H2,22,27)(H3,23,25,26). The van der Waals surface area contributed by atoms with Gasteiger partial charge in [-0.15, -0.1) is 0 Å². The Bertz CT molecular complexity index is 899. The van der Waals surface area contributed by atoms with Crippen molar-refractivity contribution in [1.82, 2.24) is 10.6 Å². The van der Waals surface area contributed by atoms with Gasteiger partial charge in [-0.3, -0.25) is 10.1 Å². The Morgan fingerprint density at radius 2 is 1.93 bits per heavy atom. The van der Waals surface area contributed by atoms with Gasteiger partial charge in [0.2, 0.25) is 5.91 Å². The van der Waals surface area contributed by atoms with E-state index in [-0.39, 0.29) is 6.17 Å². The number of carbonyl (C=O) groups is 1. The molecule has 0 radical (unpaired) electrons. The zero-order chi connectivity index (χ0) is 19.4. The van der Waals surface area contributed by atoms with Gasteiger partial charge in [-0.2, -0.15) is 0 Å². The first kappa shape index (κ1) is 18.7. The summed E-state index contributed by atoms with van der Waals surface area (Å²) in [7, 11) is 0. The van der Waals surface area contributed by atoms with Crippen LogP contribution in [0.3, 0.4) is 0 Å². The number of rotatable bonds is 6. The summed E-state index contributed by atoms with van der Waals surface area (Å²) in [5.74, 6) is -0.0123. The Labute approximate surface area is 159 Å². The van der Waals surface area contributed by atoms with Crippen LogP contribution in [0, 0.1) is 13.8 Å². The van der Waals surface area contributed by atoms with Crippen LogP contribution in [0.2, 0.25) is 0 Å². The zero-order valence-electron chi connectivity index (χ0n) is 15.6. The molecule has 6 nitrogen and oxygen atoms in total. The molecule has 1 unspecified atom stereocenters. The first-order valence-electron chi connectivity index (χ1n) is 8.95. The van der Waals surface area contributed by atoms with E-state index >= 15 is 0 Å². The average molecular weight is 363 g/mol. The fourth-order valence-electron chi connectivity index (χ4n) is 3.05. The Kier molecular flexibility index (Phi) is 5.57. The zero-order valence-corrected chi connectivity index (χ0v) is 15.6. The lowest BCUT2D eigenvalue weighted by atomic mass is 10.00. The van der Waals surface area contributed by atoms with Crippen LogP contribution in [-0.4, -0.2) is 24.6 Å². The molecule has 1 heterocycles. The van der Waals surface area contributed by atoms with Crippen LogP contribution in [0.1, 0.15) is 32.6 Å². The number of carbonyl (C=O) groups excluding carboxylic acids is 1. The van der Waals surface area contributed by atoms with Gasteiger partial charge in [-0.1, -0.05) is 30.3 Å². The van der Waals surface area contributed by atoms with E-state index in [1.807, 2.05) is 24.3 Å². The molecule has 27 heavy (non-hydrogen) atoms. The first-order chi connectivity index (χ1) is 12.9. The lowest BCUT2D eigenvalue weighted by Gasteiger charge is -2.23. The molecular formula is C21H25N5O. The van der Waals surface area contributed by atoms with E-state index in [0.29, 0.717) is 11.5 Å². The SMILES string of the molecule is Cc1cccc(C2=CC(NCCc3ccc(C(N)=O)cc3)NC(N)=N2)c1C. The number of aryl methyl sites for hydroxylation is 1. The first-order valence-corrected chi connectivity index (χ1v) is 8.95. The fourth-order valence-corrected chi connectivity index (χ4v) is 3.05. The number of nitrogens with one attached hydrogen (secondary N) is 2. The fraction of sp³-hybridized carbons (Fsp3) is 0.238. The summed E-state index contributed by atoms with van der Waals surface area (Å²) >= 11 is 0. The molecule has 1 aliphatic heterocycles. The van der Waals surface area contributed by atoms with Crippen LogP contribution in [0.15, 0.2) is 53.5 Å². The third-order valence-electron chi connectivity index (χ3n) is 4.77. The van der Waals surface area contributed by atoms with Crippen molar-refractivity contribution in [3.8, 4) is 0 Å². The van der Waals surface area contributed by atoms with Crippen LogP contribution in [-0.2, 0) is 6.42 Å². The Balaban J connectivity index is 1.65. The van der Waals surface area contributed by atoms with Crippen molar-refractivity contribution in [3.63, 3.8) is 0 Å². The molecule has 6 N–H and O–H groups in total. The molecule has 0 aromatic heterocycles. The molecular weight excluding hydrogens is 338 g/mol. The quantitative estimate of drug-likeness (QED) is 0.628. The highest BCUT2D eigenvalue weighted by molar-refractivity contribution is 5.92. The number of hydrogen-bond acceptors (Lipinski definition) is 5. The van der Waals surface area contributed by atoms with Gasteiger partial charge >= 0.3 is 0 Å². The largest absolute Gasteiger partial charge is 0.370 e.